The van der Waals surface area contributed by atoms with Gasteiger partial charge in [-0.2, -0.15) is 0 Å². The predicted molar refractivity (Wildman–Crippen MR) is 58.6 cm³/mol. The zero-order valence-electron chi connectivity index (χ0n) is 9.64. The largest absolute Gasteiger partial charge is 0.390 e. The molecule has 0 aromatic carbocycles. The Hall–Kier alpha value is -0.220. The molecule has 4 heteroatoms. The van der Waals surface area contributed by atoms with Gasteiger partial charge in [0, 0.05) is 6.04 Å². The first kappa shape index (κ1) is 12.2. The average molecular weight is 233 g/mol. The molecule has 2 aliphatic carbocycles. The Balaban J connectivity index is 1.82. The molecule has 16 heavy (non-hydrogen) atoms. The van der Waals surface area contributed by atoms with Crippen LogP contribution in [-0.2, 0) is 0 Å². The van der Waals surface area contributed by atoms with Crippen molar-refractivity contribution in [3.05, 3.63) is 0 Å². The Bertz CT molecular complexity index is 239. The van der Waals surface area contributed by atoms with Gasteiger partial charge in [-0.25, -0.2) is 8.78 Å². The van der Waals surface area contributed by atoms with Gasteiger partial charge >= 0.3 is 0 Å². The molecule has 1 spiro atoms. The Kier molecular flexibility index (Phi) is 3.50. The maximum Gasteiger partial charge on any atom is 0.282 e. The summed E-state index contributed by atoms with van der Waals surface area (Å²) < 4.78 is 25.8. The fourth-order valence-corrected chi connectivity index (χ4v) is 3.20. The third-order valence-corrected chi connectivity index (χ3v) is 4.36. The number of halogens is 2. The van der Waals surface area contributed by atoms with Crippen molar-refractivity contribution >= 4 is 0 Å². The molecule has 0 aliphatic heterocycles. The molecular formula is C12H21F2NO. The van der Waals surface area contributed by atoms with E-state index in [0.29, 0.717) is 5.41 Å². The zero-order chi connectivity index (χ0) is 11.6. The summed E-state index contributed by atoms with van der Waals surface area (Å²) >= 11 is 0. The standard InChI is InChI=1S/C12H21F2NO/c13-12(14,9-16)8-15-10-4-7-11(10)5-2-1-3-6-11/h10,15-16H,1-9H2. The van der Waals surface area contributed by atoms with Crippen LogP contribution in [0.25, 0.3) is 0 Å². The summed E-state index contributed by atoms with van der Waals surface area (Å²) in [5, 5.41) is 11.5. The van der Waals surface area contributed by atoms with Gasteiger partial charge < -0.3 is 10.4 Å². The molecule has 1 unspecified atom stereocenters. The average Bonchev–Trinajstić information content (AvgIpc) is 2.29. The highest BCUT2D eigenvalue weighted by molar-refractivity contribution is 5.02. The van der Waals surface area contributed by atoms with Crippen LogP contribution in [0.3, 0.4) is 0 Å². The number of aliphatic hydroxyl groups is 1. The van der Waals surface area contributed by atoms with Crippen LogP contribution in [-0.4, -0.2) is 30.2 Å². The van der Waals surface area contributed by atoms with Crippen molar-refractivity contribution in [1.82, 2.24) is 5.32 Å². The first-order valence-electron chi connectivity index (χ1n) is 6.30. The molecule has 0 radical (unpaired) electrons. The van der Waals surface area contributed by atoms with Crippen LogP contribution in [0.4, 0.5) is 8.78 Å². The maximum atomic E-state index is 12.9. The fourth-order valence-electron chi connectivity index (χ4n) is 3.20. The molecule has 0 saturated heterocycles. The smallest absolute Gasteiger partial charge is 0.282 e. The maximum absolute atomic E-state index is 12.9. The van der Waals surface area contributed by atoms with E-state index in [4.69, 9.17) is 5.11 Å². The van der Waals surface area contributed by atoms with Gasteiger partial charge in [0.1, 0.15) is 6.61 Å². The van der Waals surface area contributed by atoms with E-state index >= 15 is 0 Å². The lowest BCUT2D eigenvalue weighted by Gasteiger charge is -2.53. The monoisotopic (exact) mass is 233 g/mol. The number of alkyl halides is 2. The summed E-state index contributed by atoms with van der Waals surface area (Å²) in [6.45, 7) is -1.43. The Morgan fingerprint density at radius 2 is 1.88 bits per heavy atom. The van der Waals surface area contributed by atoms with Crippen molar-refractivity contribution in [2.45, 2.75) is 56.9 Å². The van der Waals surface area contributed by atoms with Crippen LogP contribution in [0.5, 0.6) is 0 Å². The summed E-state index contributed by atoms with van der Waals surface area (Å²) in [6, 6.07) is 0.255. The van der Waals surface area contributed by atoms with Crippen molar-refractivity contribution in [2.75, 3.05) is 13.2 Å². The number of hydrogen-bond donors (Lipinski definition) is 2. The second-order valence-electron chi connectivity index (χ2n) is 5.41. The molecule has 2 aliphatic rings. The van der Waals surface area contributed by atoms with Gasteiger partial charge in [0.05, 0.1) is 6.54 Å². The molecule has 2 saturated carbocycles. The minimum absolute atomic E-state index is 0.255. The quantitative estimate of drug-likeness (QED) is 0.781. The molecule has 1 atom stereocenters. The van der Waals surface area contributed by atoms with Crippen molar-refractivity contribution < 1.29 is 13.9 Å². The molecule has 2 N–H and O–H groups in total. The normalized spacial score (nSPS) is 29.1. The Labute approximate surface area is 95.4 Å². The highest BCUT2D eigenvalue weighted by Gasteiger charge is 2.47. The molecule has 2 fully saturated rings. The molecule has 2 rings (SSSR count). The van der Waals surface area contributed by atoms with Gasteiger partial charge in [-0.05, 0) is 31.1 Å². The summed E-state index contributed by atoms with van der Waals surface area (Å²) in [5.41, 5.74) is 0.309. The number of nitrogens with one attached hydrogen (secondary N) is 1. The third kappa shape index (κ3) is 2.38. The molecule has 0 aromatic heterocycles. The fraction of sp³-hybridized carbons (Fsp3) is 1.00. The first-order valence-corrected chi connectivity index (χ1v) is 6.30. The summed E-state index contributed by atoms with van der Waals surface area (Å²) in [7, 11) is 0. The minimum Gasteiger partial charge on any atom is -0.390 e. The van der Waals surface area contributed by atoms with E-state index in [0.717, 1.165) is 6.42 Å². The summed E-state index contributed by atoms with van der Waals surface area (Å²) in [4.78, 5) is 0. The van der Waals surface area contributed by atoms with Gasteiger partial charge in [-0.15, -0.1) is 0 Å². The number of rotatable bonds is 4. The van der Waals surface area contributed by atoms with Gasteiger partial charge in [0.15, 0.2) is 0 Å². The lowest BCUT2D eigenvalue weighted by atomic mass is 9.57. The second-order valence-corrected chi connectivity index (χ2v) is 5.41. The van der Waals surface area contributed by atoms with E-state index in [1.165, 1.54) is 38.5 Å². The minimum atomic E-state index is -2.97. The van der Waals surface area contributed by atoms with Crippen molar-refractivity contribution in [1.29, 1.82) is 0 Å². The van der Waals surface area contributed by atoms with Crippen molar-refractivity contribution in [3.63, 3.8) is 0 Å². The van der Waals surface area contributed by atoms with Gasteiger partial charge in [-0.1, -0.05) is 19.3 Å². The van der Waals surface area contributed by atoms with Crippen molar-refractivity contribution in [3.8, 4) is 0 Å². The van der Waals surface area contributed by atoms with E-state index < -0.39 is 12.5 Å². The van der Waals surface area contributed by atoms with Gasteiger partial charge in [-0.3, -0.25) is 0 Å². The first-order chi connectivity index (χ1) is 7.58. The van der Waals surface area contributed by atoms with Crippen LogP contribution in [0.1, 0.15) is 44.9 Å². The molecule has 94 valence electrons. The third-order valence-electron chi connectivity index (χ3n) is 4.36. The summed E-state index contributed by atoms with van der Waals surface area (Å²) in [5.74, 6) is -2.97. The van der Waals surface area contributed by atoms with E-state index in [9.17, 15) is 8.78 Å². The van der Waals surface area contributed by atoms with Crippen molar-refractivity contribution in [2.24, 2.45) is 5.41 Å². The van der Waals surface area contributed by atoms with E-state index in [-0.39, 0.29) is 12.6 Å². The van der Waals surface area contributed by atoms with Crippen LogP contribution < -0.4 is 5.32 Å². The molecule has 2 nitrogen and oxygen atoms in total. The Morgan fingerprint density at radius 3 is 2.38 bits per heavy atom. The second kappa shape index (κ2) is 4.57. The molecule has 0 amide bonds. The predicted octanol–water partition coefficient (Wildman–Crippen LogP) is 2.32. The topological polar surface area (TPSA) is 32.3 Å². The molecule has 0 heterocycles. The van der Waals surface area contributed by atoms with Crippen LogP contribution in [0, 0.1) is 5.41 Å². The van der Waals surface area contributed by atoms with Gasteiger partial charge in [0.25, 0.3) is 5.92 Å². The van der Waals surface area contributed by atoms with Crippen LogP contribution in [0.2, 0.25) is 0 Å². The zero-order valence-corrected chi connectivity index (χ0v) is 9.64. The van der Waals surface area contributed by atoms with E-state index in [1.807, 2.05) is 0 Å². The van der Waals surface area contributed by atoms with E-state index in [1.54, 1.807) is 0 Å². The van der Waals surface area contributed by atoms with E-state index in [2.05, 4.69) is 5.32 Å². The Morgan fingerprint density at radius 1 is 1.19 bits per heavy atom. The molecular weight excluding hydrogens is 212 g/mol. The lowest BCUT2D eigenvalue weighted by molar-refractivity contribution is -0.0629. The van der Waals surface area contributed by atoms with Gasteiger partial charge in [0.2, 0.25) is 0 Å². The molecule has 0 bridgehead atoms. The highest BCUT2D eigenvalue weighted by atomic mass is 19.3. The van der Waals surface area contributed by atoms with Crippen LogP contribution in [0.15, 0.2) is 0 Å². The highest BCUT2D eigenvalue weighted by Crippen LogP contribution is 2.51. The lowest BCUT2D eigenvalue weighted by Crippen LogP contribution is -2.56. The number of hydrogen-bond acceptors (Lipinski definition) is 2. The number of aliphatic hydroxyl groups excluding tert-OH is 1. The molecule has 0 aromatic rings. The SMILES string of the molecule is OCC(F)(F)CNC1CCC12CCCCC2. The van der Waals surface area contributed by atoms with Crippen LogP contribution >= 0.6 is 0 Å². The summed E-state index contributed by atoms with van der Waals surface area (Å²) in [6.07, 6.45) is 8.37.